The van der Waals surface area contributed by atoms with Crippen LogP contribution in [0.4, 0.5) is 0 Å². The van der Waals surface area contributed by atoms with E-state index in [1.54, 1.807) is 0 Å². The fourth-order valence-corrected chi connectivity index (χ4v) is 1.78. The summed E-state index contributed by atoms with van der Waals surface area (Å²) in [6.45, 7) is 7.03. The van der Waals surface area contributed by atoms with Gasteiger partial charge in [0.05, 0.1) is 31.1 Å². The van der Waals surface area contributed by atoms with E-state index in [0.29, 0.717) is 12.6 Å². The van der Waals surface area contributed by atoms with Crippen molar-refractivity contribution < 1.29 is 4.74 Å². The Bertz CT molecular complexity index is 309. The van der Waals surface area contributed by atoms with Crippen molar-refractivity contribution in [1.29, 1.82) is 0 Å². The van der Waals surface area contributed by atoms with Crippen LogP contribution >= 0.6 is 0 Å². The molecule has 2 heterocycles. The highest BCUT2D eigenvalue weighted by Crippen LogP contribution is 2.15. The largest absolute Gasteiger partial charge is 0.375 e. The van der Waals surface area contributed by atoms with Gasteiger partial charge in [0.2, 0.25) is 0 Å². The molecule has 1 aliphatic rings. The number of rotatable bonds is 3. The van der Waals surface area contributed by atoms with Gasteiger partial charge in [-0.3, -0.25) is 10.5 Å². The van der Waals surface area contributed by atoms with Gasteiger partial charge >= 0.3 is 0 Å². The summed E-state index contributed by atoms with van der Waals surface area (Å²) in [6.07, 6.45) is 0. The molecule has 1 aliphatic heterocycles. The fraction of sp³-hybridized carbons (Fsp3) is 0.700. The minimum atomic E-state index is 0.345. The Kier molecular flexibility index (Phi) is 3.04. The molecule has 0 aliphatic carbocycles. The van der Waals surface area contributed by atoms with Crippen LogP contribution in [0.2, 0.25) is 0 Å². The topological polar surface area (TPSA) is 56.3 Å². The van der Waals surface area contributed by atoms with Crippen molar-refractivity contribution in [2.24, 2.45) is 5.84 Å². The highest BCUT2D eigenvalue weighted by Gasteiger charge is 2.21. The molecule has 1 aromatic rings. The molecule has 84 valence electrons. The molecule has 0 fully saturated rings. The van der Waals surface area contributed by atoms with Crippen molar-refractivity contribution in [2.45, 2.75) is 39.6 Å². The third kappa shape index (κ3) is 2.19. The second kappa shape index (κ2) is 4.30. The molecule has 0 radical (unpaired) electrons. The van der Waals surface area contributed by atoms with E-state index in [2.05, 4.69) is 18.1 Å². The Labute approximate surface area is 89.8 Å². The van der Waals surface area contributed by atoms with Gasteiger partial charge in [0, 0.05) is 12.6 Å². The first kappa shape index (κ1) is 10.6. The number of nitrogens with zero attached hydrogens (tertiary/aromatic N) is 3. The number of hydrogen-bond acceptors (Lipinski definition) is 4. The molecule has 5 heteroatoms. The lowest BCUT2D eigenvalue weighted by Crippen LogP contribution is -2.45. The van der Waals surface area contributed by atoms with E-state index in [1.165, 1.54) is 5.69 Å². The van der Waals surface area contributed by atoms with Gasteiger partial charge in [-0.1, -0.05) is 0 Å². The van der Waals surface area contributed by atoms with Crippen molar-refractivity contribution in [3.05, 3.63) is 17.5 Å². The maximum Gasteiger partial charge on any atom is 0.0906 e. The molecule has 0 bridgehead atoms. The molecule has 0 aromatic carbocycles. The van der Waals surface area contributed by atoms with Crippen LogP contribution < -0.4 is 5.84 Å². The summed E-state index contributed by atoms with van der Waals surface area (Å²) in [5.74, 6) is 5.86. The zero-order valence-electron chi connectivity index (χ0n) is 9.31. The zero-order chi connectivity index (χ0) is 10.8. The van der Waals surface area contributed by atoms with Gasteiger partial charge in [-0.15, -0.1) is 0 Å². The van der Waals surface area contributed by atoms with Crippen molar-refractivity contribution in [3.63, 3.8) is 0 Å². The first-order chi connectivity index (χ1) is 7.20. The van der Waals surface area contributed by atoms with Gasteiger partial charge in [-0.25, -0.2) is 5.01 Å². The van der Waals surface area contributed by atoms with Crippen LogP contribution in [0.15, 0.2) is 6.07 Å². The van der Waals surface area contributed by atoms with E-state index in [9.17, 15) is 0 Å². The lowest BCUT2D eigenvalue weighted by Gasteiger charge is -2.29. The van der Waals surface area contributed by atoms with Crippen LogP contribution in [0, 0.1) is 0 Å². The molecular weight excluding hydrogens is 192 g/mol. The molecule has 0 amide bonds. The summed E-state index contributed by atoms with van der Waals surface area (Å²) in [5, 5.41) is 6.33. The SMILES string of the molecule is CCOCc1cc2n(n1)C[C@H](C)N(N)C2. The molecule has 1 aromatic heterocycles. The third-order valence-electron chi connectivity index (χ3n) is 2.72. The summed E-state index contributed by atoms with van der Waals surface area (Å²) in [4.78, 5) is 0. The summed E-state index contributed by atoms with van der Waals surface area (Å²) >= 11 is 0. The molecular formula is C10H18N4O. The van der Waals surface area contributed by atoms with Crippen molar-refractivity contribution in [2.75, 3.05) is 6.61 Å². The standard InChI is InChI=1S/C10H18N4O/c1-3-15-7-9-4-10-6-13(11)8(2)5-14(10)12-9/h4,8H,3,5-7,11H2,1-2H3/t8-/m0/s1. The molecule has 2 rings (SSSR count). The van der Waals surface area contributed by atoms with E-state index in [0.717, 1.165) is 25.4 Å². The summed E-state index contributed by atoms with van der Waals surface area (Å²) < 4.78 is 7.36. The van der Waals surface area contributed by atoms with Gasteiger partial charge in [0.15, 0.2) is 0 Å². The number of hydrazine groups is 1. The average molecular weight is 210 g/mol. The Morgan fingerprint density at radius 1 is 1.67 bits per heavy atom. The van der Waals surface area contributed by atoms with Crippen LogP contribution in [0.1, 0.15) is 25.2 Å². The van der Waals surface area contributed by atoms with E-state index < -0.39 is 0 Å². The zero-order valence-corrected chi connectivity index (χ0v) is 9.31. The molecule has 2 N–H and O–H groups in total. The highest BCUT2D eigenvalue weighted by molar-refractivity contribution is 5.11. The summed E-state index contributed by atoms with van der Waals surface area (Å²) in [6, 6.07) is 2.42. The molecule has 15 heavy (non-hydrogen) atoms. The lowest BCUT2D eigenvalue weighted by molar-refractivity contribution is 0.129. The fourth-order valence-electron chi connectivity index (χ4n) is 1.78. The van der Waals surface area contributed by atoms with Gasteiger partial charge < -0.3 is 4.74 Å². The normalized spacial score (nSPS) is 21.7. The third-order valence-corrected chi connectivity index (χ3v) is 2.72. The second-order valence-electron chi connectivity index (χ2n) is 3.97. The first-order valence-electron chi connectivity index (χ1n) is 5.35. The van der Waals surface area contributed by atoms with Crippen LogP contribution in [-0.4, -0.2) is 27.4 Å². The molecule has 0 saturated heterocycles. The number of aromatic nitrogens is 2. The monoisotopic (exact) mass is 210 g/mol. The molecule has 0 spiro atoms. The Hall–Kier alpha value is -0.910. The minimum Gasteiger partial charge on any atom is -0.375 e. The number of hydrogen-bond donors (Lipinski definition) is 1. The van der Waals surface area contributed by atoms with Gasteiger partial charge in [-0.05, 0) is 19.9 Å². The maximum atomic E-state index is 5.86. The van der Waals surface area contributed by atoms with Crippen molar-refractivity contribution >= 4 is 0 Å². The first-order valence-corrected chi connectivity index (χ1v) is 5.35. The quantitative estimate of drug-likeness (QED) is 0.738. The van der Waals surface area contributed by atoms with Crippen LogP contribution in [0.5, 0.6) is 0 Å². The number of nitrogens with two attached hydrogens (primary N) is 1. The van der Waals surface area contributed by atoms with Gasteiger partial charge in [0.25, 0.3) is 0 Å². The van der Waals surface area contributed by atoms with Crippen LogP contribution in [-0.2, 0) is 24.4 Å². The predicted molar refractivity (Wildman–Crippen MR) is 56.7 cm³/mol. The Balaban J connectivity index is 2.11. The van der Waals surface area contributed by atoms with E-state index in [4.69, 9.17) is 10.6 Å². The van der Waals surface area contributed by atoms with E-state index in [1.807, 2.05) is 16.6 Å². The molecule has 0 unspecified atom stereocenters. The molecule has 0 saturated carbocycles. The average Bonchev–Trinajstić information content (AvgIpc) is 2.58. The second-order valence-corrected chi connectivity index (χ2v) is 3.97. The Morgan fingerprint density at radius 2 is 2.47 bits per heavy atom. The van der Waals surface area contributed by atoms with Crippen molar-refractivity contribution in [3.8, 4) is 0 Å². The number of fused-ring (bicyclic) bond motifs is 1. The van der Waals surface area contributed by atoms with Crippen LogP contribution in [0.25, 0.3) is 0 Å². The summed E-state index contributed by atoms with van der Waals surface area (Å²) in [7, 11) is 0. The molecule has 5 nitrogen and oxygen atoms in total. The van der Waals surface area contributed by atoms with E-state index >= 15 is 0 Å². The van der Waals surface area contributed by atoms with Gasteiger partial charge in [0.1, 0.15) is 0 Å². The smallest absolute Gasteiger partial charge is 0.0906 e. The Morgan fingerprint density at radius 3 is 3.20 bits per heavy atom. The maximum absolute atomic E-state index is 5.86. The predicted octanol–water partition coefficient (Wildman–Crippen LogP) is 0.497. The summed E-state index contributed by atoms with van der Waals surface area (Å²) in [5.41, 5.74) is 2.17. The van der Waals surface area contributed by atoms with E-state index in [-0.39, 0.29) is 0 Å². The minimum absolute atomic E-state index is 0.345. The van der Waals surface area contributed by atoms with Crippen LogP contribution in [0.3, 0.4) is 0 Å². The van der Waals surface area contributed by atoms with Gasteiger partial charge in [-0.2, -0.15) is 5.10 Å². The highest BCUT2D eigenvalue weighted by atomic mass is 16.5. The van der Waals surface area contributed by atoms with Crippen molar-refractivity contribution in [1.82, 2.24) is 14.8 Å². The lowest BCUT2D eigenvalue weighted by atomic mass is 10.2. The molecule has 1 atom stereocenters. The number of ether oxygens (including phenoxy) is 1.